The number of thioether (sulfide) groups is 1. The number of anilines is 1. The van der Waals surface area contributed by atoms with Crippen molar-refractivity contribution in [1.29, 1.82) is 5.26 Å². The number of nitrogens with zero attached hydrogens (tertiary/aromatic N) is 3. The summed E-state index contributed by atoms with van der Waals surface area (Å²) in [6, 6.07) is 22.1. The Kier molecular flexibility index (Phi) is 7.19. The Morgan fingerprint density at radius 2 is 1.73 bits per heavy atom. The number of halogens is 1. The monoisotopic (exact) mass is 529 g/mol. The highest BCUT2D eigenvalue weighted by molar-refractivity contribution is 8.03. The van der Waals surface area contributed by atoms with E-state index in [1.165, 1.54) is 22.4 Å². The van der Waals surface area contributed by atoms with E-state index in [0.717, 1.165) is 21.9 Å². The van der Waals surface area contributed by atoms with Gasteiger partial charge in [0.25, 0.3) is 0 Å². The van der Waals surface area contributed by atoms with E-state index in [0.29, 0.717) is 29.7 Å². The number of benzene rings is 3. The molecule has 1 amide bonds. The van der Waals surface area contributed by atoms with Crippen LogP contribution in [0.1, 0.15) is 40.2 Å². The van der Waals surface area contributed by atoms with Crippen LogP contribution in [0.5, 0.6) is 5.75 Å². The van der Waals surface area contributed by atoms with Gasteiger partial charge in [0.05, 0.1) is 29.2 Å². The Morgan fingerprint density at radius 3 is 2.38 bits per heavy atom. The van der Waals surface area contributed by atoms with E-state index in [1.807, 2.05) is 48.5 Å². The van der Waals surface area contributed by atoms with Crippen LogP contribution in [0.2, 0.25) is 5.02 Å². The summed E-state index contributed by atoms with van der Waals surface area (Å²) in [4.78, 5) is 17.4. The first-order valence-corrected chi connectivity index (χ1v) is 13.6. The zero-order chi connectivity index (χ0) is 26.1. The van der Waals surface area contributed by atoms with E-state index in [1.54, 1.807) is 16.7 Å². The molecular weight excluding hydrogens is 502 g/mol. The van der Waals surface area contributed by atoms with Gasteiger partial charge in [0, 0.05) is 23.0 Å². The van der Waals surface area contributed by atoms with Crippen molar-refractivity contribution >= 4 is 35.0 Å². The van der Waals surface area contributed by atoms with Crippen LogP contribution in [0.15, 0.2) is 71.3 Å². The predicted molar refractivity (Wildman–Crippen MR) is 150 cm³/mol. The second-order valence-corrected chi connectivity index (χ2v) is 11.0. The molecule has 2 aliphatic rings. The van der Waals surface area contributed by atoms with Gasteiger partial charge in [-0.1, -0.05) is 65.3 Å². The number of ether oxygens (including phenoxy) is 1. The number of hydrogen-bond donors (Lipinski definition) is 0. The third-order valence-electron chi connectivity index (χ3n) is 6.85. The molecule has 1 saturated heterocycles. The molecule has 188 valence electrons. The summed E-state index contributed by atoms with van der Waals surface area (Å²) >= 11 is 7.52. The van der Waals surface area contributed by atoms with Gasteiger partial charge in [-0.05, 0) is 67.3 Å². The van der Waals surface area contributed by atoms with Crippen LogP contribution in [0.3, 0.4) is 0 Å². The number of allylic oxidation sites excluding steroid dienone is 1. The van der Waals surface area contributed by atoms with E-state index in [9.17, 15) is 10.1 Å². The molecule has 0 unspecified atom stereocenters. The smallest absolute Gasteiger partial charge is 0.229 e. The molecule has 5 rings (SSSR count). The molecule has 3 aromatic rings. The highest BCUT2D eigenvalue weighted by Gasteiger charge is 2.38. The quantitative estimate of drug-likeness (QED) is 0.354. The van der Waals surface area contributed by atoms with E-state index >= 15 is 0 Å². The number of nitriles is 1. The maximum atomic E-state index is 13.3. The minimum Gasteiger partial charge on any atom is -0.489 e. The lowest BCUT2D eigenvalue weighted by Crippen LogP contribution is -2.47. The van der Waals surface area contributed by atoms with Crippen LogP contribution < -0.4 is 9.64 Å². The number of aryl methyl sites for hydroxylation is 3. The second-order valence-electron chi connectivity index (χ2n) is 9.60. The van der Waals surface area contributed by atoms with Crippen molar-refractivity contribution in [2.75, 3.05) is 17.4 Å². The number of carbonyl (C=O) groups excluding carboxylic acids is 1. The molecule has 0 saturated carbocycles. The van der Waals surface area contributed by atoms with Gasteiger partial charge in [-0.15, -0.1) is 0 Å². The van der Waals surface area contributed by atoms with Gasteiger partial charge >= 0.3 is 0 Å². The number of hydrogen-bond acceptors (Lipinski definition) is 5. The van der Waals surface area contributed by atoms with Crippen LogP contribution in [0, 0.1) is 32.1 Å². The van der Waals surface area contributed by atoms with Crippen LogP contribution in [0.25, 0.3) is 0 Å². The molecule has 0 spiro atoms. The summed E-state index contributed by atoms with van der Waals surface area (Å²) in [5, 5.41) is 11.6. The highest BCUT2D eigenvalue weighted by Crippen LogP contribution is 2.44. The first kappa shape index (κ1) is 25.3. The molecule has 2 heterocycles. The largest absolute Gasteiger partial charge is 0.489 e. The van der Waals surface area contributed by atoms with Gasteiger partial charge in [-0.25, -0.2) is 0 Å². The van der Waals surface area contributed by atoms with Gasteiger partial charge in [0.15, 0.2) is 0 Å². The van der Waals surface area contributed by atoms with Gasteiger partial charge in [-0.2, -0.15) is 5.26 Å². The zero-order valence-electron chi connectivity index (χ0n) is 21.1. The fraction of sp³-hybridized carbons (Fsp3) is 0.267. The average Bonchev–Trinajstić information content (AvgIpc) is 2.88. The summed E-state index contributed by atoms with van der Waals surface area (Å²) in [5.41, 5.74) is 7.44. The molecule has 1 fully saturated rings. The van der Waals surface area contributed by atoms with Gasteiger partial charge in [0.1, 0.15) is 12.4 Å². The van der Waals surface area contributed by atoms with Crippen molar-refractivity contribution in [1.82, 2.24) is 4.90 Å². The van der Waals surface area contributed by atoms with E-state index in [2.05, 4.69) is 43.9 Å². The Labute approximate surface area is 227 Å². The Balaban J connectivity index is 1.34. The molecule has 5 nitrogen and oxygen atoms in total. The summed E-state index contributed by atoms with van der Waals surface area (Å²) < 4.78 is 5.91. The first-order chi connectivity index (χ1) is 17.8. The summed E-state index contributed by atoms with van der Waals surface area (Å²) in [5.74, 6) is 1.22. The summed E-state index contributed by atoms with van der Waals surface area (Å²) in [6.45, 7) is 7.22. The number of amides is 1. The third-order valence-corrected chi connectivity index (χ3v) is 8.25. The van der Waals surface area contributed by atoms with Gasteiger partial charge in [0.2, 0.25) is 5.91 Å². The van der Waals surface area contributed by atoms with Crippen LogP contribution in [-0.4, -0.2) is 23.4 Å². The Hall–Kier alpha value is -3.40. The van der Waals surface area contributed by atoms with Crippen molar-refractivity contribution in [2.45, 2.75) is 39.7 Å². The summed E-state index contributed by atoms with van der Waals surface area (Å²) in [6.07, 6.45) is 0.275. The molecule has 7 heteroatoms. The molecule has 3 aromatic carbocycles. The standard InChI is InChI=1S/C30H28ClN3O2S/c1-19-12-20(2)29(21(3)13-19)33-17-34-28(35)14-26(27(15-32)30(34)37-18-33)23-6-10-25(11-7-23)36-16-22-4-8-24(31)9-5-22/h4-13,26H,14,16-18H2,1-3H3/t26-/m0/s1. The maximum absolute atomic E-state index is 13.3. The fourth-order valence-electron chi connectivity index (χ4n) is 5.20. The van der Waals surface area contributed by atoms with Crippen molar-refractivity contribution in [3.63, 3.8) is 0 Å². The Morgan fingerprint density at radius 1 is 1.05 bits per heavy atom. The topological polar surface area (TPSA) is 56.6 Å². The van der Waals surface area contributed by atoms with Crippen LogP contribution in [-0.2, 0) is 11.4 Å². The molecule has 0 N–H and O–H groups in total. The predicted octanol–water partition coefficient (Wildman–Crippen LogP) is 7.06. The van der Waals surface area contributed by atoms with Crippen molar-refractivity contribution < 1.29 is 9.53 Å². The third kappa shape index (κ3) is 5.20. The molecule has 0 aliphatic carbocycles. The molecule has 0 aromatic heterocycles. The van der Waals surface area contributed by atoms with Gasteiger partial charge < -0.3 is 9.64 Å². The highest BCUT2D eigenvalue weighted by atomic mass is 35.5. The second kappa shape index (κ2) is 10.5. The number of fused-ring (bicyclic) bond motifs is 1. The normalized spacial score (nSPS) is 17.5. The zero-order valence-corrected chi connectivity index (χ0v) is 22.7. The van der Waals surface area contributed by atoms with Crippen molar-refractivity contribution in [3.05, 3.63) is 104 Å². The number of rotatable bonds is 5. The number of carbonyl (C=O) groups is 1. The Bertz CT molecular complexity index is 1390. The molecular formula is C30H28ClN3O2S. The lowest BCUT2D eigenvalue weighted by atomic mass is 9.86. The summed E-state index contributed by atoms with van der Waals surface area (Å²) in [7, 11) is 0. The first-order valence-electron chi connectivity index (χ1n) is 12.2. The lowest BCUT2D eigenvalue weighted by molar-refractivity contribution is -0.129. The van der Waals surface area contributed by atoms with Crippen molar-refractivity contribution in [3.8, 4) is 11.8 Å². The van der Waals surface area contributed by atoms with Crippen molar-refractivity contribution in [2.24, 2.45) is 0 Å². The fourth-order valence-corrected chi connectivity index (χ4v) is 6.48. The average molecular weight is 530 g/mol. The molecule has 0 radical (unpaired) electrons. The molecule has 1 atom stereocenters. The maximum Gasteiger partial charge on any atom is 0.229 e. The van der Waals surface area contributed by atoms with E-state index in [-0.39, 0.29) is 18.2 Å². The van der Waals surface area contributed by atoms with E-state index < -0.39 is 0 Å². The van der Waals surface area contributed by atoms with E-state index in [4.69, 9.17) is 16.3 Å². The van der Waals surface area contributed by atoms with Crippen LogP contribution in [0.4, 0.5) is 5.69 Å². The molecule has 2 aliphatic heterocycles. The molecule has 37 heavy (non-hydrogen) atoms. The minimum atomic E-state index is -0.254. The van der Waals surface area contributed by atoms with Gasteiger partial charge in [-0.3, -0.25) is 9.69 Å². The lowest BCUT2D eigenvalue weighted by Gasteiger charge is -2.43. The minimum absolute atomic E-state index is 0.0432. The molecule has 0 bridgehead atoms. The van der Waals surface area contributed by atoms with Crippen LogP contribution >= 0.6 is 23.4 Å². The SMILES string of the molecule is Cc1cc(C)c(N2CSC3=C(C#N)[C@H](c4ccc(OCc5ccc(Cl)cc5)cc4)CC(=O)N3C2)c(C)c1.